The lowest BCUT2D eigenvalue weighted by atomic mass is 10.0. The number of fused-ring (bicyclic) bond motifs is 1. The predicted octanol–water partition coefficient (Wildman–Crippen LogP) is 4.16. The van der Waals surface area contributed by atoms with Crippen molar-refractivity contribution in [3.05, 3.63) is 78.6 Å². The average Bonchev–Trinajstić information content (AvgIpc) is 3.68. The van der Waals surface area contributed by atoms with Gasteiger partial charge in [0.1, 0.15) is 23.0 Å². The maximum Gasteiger partial charge on any atom is 0.274 e. The summed E-state index contributed by atoms with van der Waals surface area (Å²) in [7, 11) is 3.07. The minimum absolute atomic E-state index is 0.0659. The van der Waals surface area contributed by atoms with Crippen molar-refractivity contribution < 1.29 is 18.7 Å². The summed E-state index contributed by atoms with van der Waals surface area (Å²) in [5.41, 5.74) is 3.51. The highest BCUT2D eigenvalue weighted by Crippen LogP contribution is 2.41. The quantitative estimate of drug-likeness (QED) is 0.346. The van der Waals surface area contributed by atoms with Crippen molar-refractivity contribution in [1.29, 1.82) is 0 Å². The van der Waals surface area contributed by atoms with Crippen LogP contribution < -0.4 is 25.0 Å². The number of pyridine rings is 1. The number of ether oxygens (including phenoxy) is 2. The summed E-state index contributed by atoms with van der Waals surface area (Å²) < 4.78 is 25.5. The molecule has 2 aromatic heterocycles. The Bertz CT molecular complexity index is 1560. The Morgan fingerprint density at radius 1 is 1.10 bits per heavy atom. The number of anilines is 2. The average molecular weight is 527 g/mol. The van der Waals surface area contributed by atoms with Crippen molar-refractivity contribution in [2.45, 2.75) is 25.0 Å². The van der Waals surface area contributed by atoms with Crippen LogP contribution in [0.3, 0.4) is 0 Å². The van der Waals surface area contributed by atoms with Crippen LogP contribution >= 0.6 is 0 Å². The van der Waals surface area contributed by atoms with E-state index in [2.05, 4.69) is 37.4 Å². The number of hydrogen-bond acceptors (Lipinski definition) is 8. The normalized spacial score (nSPS) is 19.4. The molecule has 3 atom stereocenters. The van der Waals surface area contributed by atoms with Gasteiger partial charge in [-0.25, -0.2) is 14.4 Å². The van der Waals surface area contributed by atoms with Gasteiger partial charge in [-0.05, 0) is 48.9 Å². The highest BCUT2D eigenvalue weighted by molar-refractivity contribution is 6.05. The monoisotopic (exact) mass is 526 g/mol. The predicted molar refractivity (Wildman–Crippen MR) is 146 cm³/mol. The molecule has 2 saturated heterocycles. The van der Waals surface area contributed by atoms with E-state index in [-0.39, 0.29) is 28.9 Å². The third-order valence-corrected chi connectivity index (χ3v) is 7.31. The second kappa shape index (κ2) is 9.95. The molecule has 1 amide bonds. The van der Waals surface area contributed by atoms with Gasteiger partial charge in [0.2, 0.25) is 0 Å². The minimum Gasteiger partial charge on any atom is -0.496 e. The van der Waals surface area contributed by atoms with Crippen LogP contribution in [0.4, 0.5) is 15.8 Å². The van der Waals surface area contributed by atoms with Gasteiger partial charge in [0.15, 0.2) is 5.82 Å². The van der Waals surface area contributed by atoms with Crippen molar-refractivity contribution in [2.24, 2.45) is 0 Å². The van der Waals surface area contributed by atoms with Gasteiger partial charge in [0, 0.05) is 48.8 Å². The van der Waals surface area contributed by atoms with E-state index in [1.807, 2.05) is 24.3 Å². The fraction of sp³-hybridized carbons (Fsp3) is 0.241. The molecular weight excluding hydrogens is 499 g/mol. The van der Waals surface area contributed by atoms with Gasteiger partial charge in [-0.1, -0.05) is 12.1 Å². The van der Waals surface area contributed by atoms with Crippen molar-refractivity contribution in [1.82, 2.24) is 20.3 Å². The topological polar surface area (TPSA) is 111 Å². The Hall–Kier alpha value is -4.57. The van der Waals surface area contributed by atoms with E-state index in [0.29, 0.717) is 23.5 Å². The molecule has 198 valence electrons. The van der Waals surface area contributed by atoms with E-state index in [9.17, 15) is 9.18 Å². The summed E-state index contributed by atoms with van der Waals surface area (Å²) in [6.45, 7) is 3.00. The summed E-state index contributed by atoms with van der Waals surface area (Å²) in [4.78, 5) is 28.5. The molecular formula is C29H27FN6O3. The van der Waals surface area contributed by atoms with Gasteiger partial charge in [0.05, 0.1) is 31.2 Å². The summed E-state index contributed by atoms with van der Waals surface area (Å²) in [5.74, 6) is 0.0919. The highest BCUT2D eigenvalue weighted by Gasteiger charge is 2.50. The lowest BCUT2D eigenvalue weighted by molar-refractivity contribution is 0.102. The SMILES string of the molecule is COc1ccncc1-c1ccc(NC(=O)c2ccnc(-c3c(F)cccc3OC)n2)c(N2C[C@H]3NC3[C@@H]2C)c1. The largest absolute Gasteiger partial charge is 0.496 e. The molecule has 0 saturated carbocycles. The Kier molecular flexibility index (Phi) is 6.32. The van der Waals surface area contributed by atoms with E-state index in [4.69, 9.17) is 9.47 Å². The van der Waals surface area contributed by atoms with Gasteiger partial charge < -0.3 is 25.0 Å². The molecule has 10 heteroatoms. The Morgan fingerprint density at radius 2 is 1.95 bits per heavy atom. The number of benzene rings is 2. The molecule has 1 unspecified atom stereocenters. The zero-order valence-corrected chi connectivity index (χ0v) is 21.7. The summed E-state index contributed by atoms with van der Waals surface area (Å²) >= 11 is 0. The molecule has 4 aromatic rings. The van der Waals surface area contributed by atoms with Crippen LogP contribution in [0.25, 0.3) is 22.5 Å². The molecule has 9 nitrogen and oxygen atoms in total. The molecule has 2 fully saturated rings. The first-order valence-electron chi connectivity index (χ1n) is 12.6. The second-order valence-electron chi connectivity index (χ2n) is 9.54. The third-order valence-electron chi connectivity index (χ3n) is 7.31. The molecule has 4 heterocycles. The molecule has 0 radical (unpaired) electrons. The number of halogens is 1. The maximum absolute atomic E-state index is 14.6. The molecule has 39 heavy (non-hydrogen) atoms. The number of amides is 1. The first kappa shape index (κ1) is 24.7. The molecule has 2 aliphatic rings. The number of nitrogens with one attached hydrogen (secondary N) is 2. The van der Waals surface area contributed by atoms with Crippen LogP contribution in [-0.2, 0) is 0 Å². The van der Waals surface area contributed by atoms with Crippen LogP contribution in [-0.4, -0.2) is 59.7 Å². The zero-order valence-electron chi connectivity index (χ0n) is 21.7. The fourth-order valence-corrected chi connectivity index (χ4v) is 5.23. The van der Waals surface area contributed by atoms with Crippen molar-refractivity contribution in [3.8, 4) is 34.0 Å². The van der Waals surface area contributed by atoms with Gasteiger partial charge in [-0.2, -0.15) is 0 Å². The summed E-state index contributed by atoms with van der Waals surface area (Å²) in [6, 6.07) is 14.7. The van der Waals surface area contributed by atoms with E-state index in [1.54, 1.807) is 31.6 Å². The second-order valence-corrected chi connectivity index (χ2v) is 9.54. The number of methoxy groups -OCH3 is 2. The number of hydrogen-bond donors (Lipinski definition) is 2. The standard InChI is InChI=1S/C29H27FN6O3/c1-16-27-22(33-27)15-36(16)23-13-17(18-14-31-11-10-24(18)38-2)7-8-20(23)35-29(37)21-9-12-32-28(34-21)26-19(30)5-4-6-25(26)39-3/h4-14,16,22,27,33H,15H2,1-3H3,(H,35,37)/t16-,22+,27?/m0/s1. The van der Waals surface area contributed by atoms with Gasteiger partial charge in [-0.3, -0.25) is 9.78 Å². The molecule has 0 spiro atoms. The van der Waals surface area contributed by atoms with Gasteiger partial charge >= 0.3 is 0 Å². The number of rotatable bonds is 7. The molecule has 2 aromatic carbocycles. The molecule has 0 aliphatic carbocycles. The van der Waals surface area contributed by atoms with Crippen LogP contribution in [0.1, 0.15) is 17.4 Å². The molecule has 0 bridgehead atoms. The van der Waals surface area contributed by atoms with E-state index >= 15 is 0 Å². The molecule has 6 rings (SSSR count). The van der Waals surface area contributed by atoms with Crippen LogP contribution in [0.15, 0.2) is 67.1 Å². The van der Waals surface area contributed by atoms with Crippen LogP contribution in [0, 0.1) is 5.82 Å². The Labute approximate surface area is 225 Å². The zero-order chi connectivity index (χ0) is 27.1. The van der Waals surface area contributed by atoms with Gasteiger partial charge in [0.25, 0.3) is 5.91 Å². The maximum atomic E-state index is 14.6. The van der Waals surface area contributed by atoms with Crippen LogP contribution in [0.2, 0.25) is 0 Å². The summed E-state index contributed by atoms with van der Waals surface area (Å²) in [6.07, 6.45) is 4.89. The lowest BCUT2D eigenvalue weighted by Gasteiger charge is -2.29. The number of carbonyl (C=O) groups is 1. The highest BCUT2D eigenvalue weighted by atomic mass is 19.1. The van der Waals surface area contributed by atoms with E-state index in [1.165, 1.54) is 25.4 Å². The van der Waals surface area contributed by atoms with Crippen molar-refractivity contribution in [3.63, 3.8) is 0 Å². The van der Waals surface area contributed by atoms with Gasteiger partial charge in [-0.15, -0.1) is 0 Å². The smallest absolute Gasteiger partial charge is 0.274 e. The Morgan fingerprint density at radius 3 is 2.72 bits per heavy atom. The first-order valence-corrected chi connectivity index (χ1v) is 12.6. The van der Waals surface area contributed by atoms with Crippen molar-refractivity contribution in [2.75, 3.05) is 31.0 Å². The van der Waals surface area contributed by atoms with Crippen LogP contribution in [0.5, 0.6) is 11.5 Å². The number of aromatic nitrogens is 3. The van der Waals surface area contributed by atoms with Crippen molar-refractivity contribution >= 4 is 17.3 Å². The molecule has 2 N–H and O–H groups in total. The number of piperazine rings is 1. The minimum atomic E-state index is -0.536. The van der Waals surface area contributed by atoms with E-state index in [0.717, 1.165) is 23.4 Å². The molecule has 2 aliphatic heterocycles. The number of carbonyl (C=O) groups excluding carboxylic acids is 1. The lowest BCUT2D eigenvalue weighted by Crippen LogP contribution is -2.36. The van der Waals surface area contributed by atoms with E-state index < -0.39 is 11.7 Å². The Balaban J connectivity index is 1.35. The fourth-order valence-electron chi connectivity index (χ4n) is 5.23. The first-order chi connectivity index (χ1) is 19.0. The third kappa shape index (κ3) is 4.52. The summed E-state index contributed by atoms with van der Waals surface area (Å²) in [5, 5.41) is 6.51. The number of nitrogens with zero attached hydrogens (tertiary/aromatic N) is 4.